The second kappa shape index (κ2) is 7.11. The highest BCUT2D eigenvalue weighted by molar-refractivity contribution is 5.94. The van der Waals surface area contributed by atoms with E-state index in [1.54, 1.807) is 12.1 Å². The molecule has 0 aliphatic heterocycles. The third-order valence-electron chi connectivity index (χ3n) is 2.93. The Morgan fingerprint density at radius 3 is 2.89 bits per heavy atom. The first-order valence-corrected chi connectivity index (χ1v) is 6.29. The fourth-order valence-corrected chi connectivity index (χ4v) is 1.68. The summed E-state index contributed by atoms with van der Waals surface area (Å²) >= 11 is 0. The van der Waals surface area contributed by atoms with Crippen LogP contribution in [0.5, 0.6) is 0 Å². The van der Waals surface area contributed by atoms with Gasteiger partial charge < -0.3 is 11.1 Å². The minimum atomic E-state index is -0.478. The summed E-state index contributed by atoms with van der Waals surface area (Å²) in [6, 6.07) is 4.53. The molecule has 100 valence electrons. The molecule has 0 saturated carbocycles. The maximum atomic E-state index is 13.4. The molecule has 0 aromatic heterocycles. The Balaban J connectivity index is 2.43. The number of nitrogens with one attached hydrogen (secondary N) is 1. The van der Waals surface area contributed by atoms with Crippen molar-refractivity contribution in [3.8, 4) is 0 Å². The lowest BCUT2D eigenvalue weighted by atomic mass is 10.1. The fourth-order valence-electron chi connectivity index (χ4n) is 1.68. The van der Waals surface area contributed by atoms with E-state index in [2.05, 4.69) is 12.2 Å². The van der Waals surface area contributed by atoms with Crippen molar-refractivity contribution in [1.29, 1.82) is 0 Å². The molecule has 0 fully saturated rings. The predicted molar refractivity (Wildman–Crippen MR) is 70.9 cm³/mol. The molecule has 0 saturated heterocycles. The second-order valence-corrected chi connectivity index (χ2v) is 4.72. The first-order valence-electron chi connectivity index (χ1n) is 6.29. The molecule has 1 aromatic rings. The lowest BCUT2D eigenvalue weighted by Crippen LogP contribution is -2.26. The molecule has 1 rings (SSSR count). The van der Waals surface area contributed by atoms with Gasteiger partial charge in [-0.25, -0.2) is 4.39 Å². The molecule has 0 aliphatic rings. The quantitative estimate of drug-likeness (QED) is 0.763. The third-order valence-corrected chi connectivity index (χ3v) is 2.93. The van der Waals surface area contributed by atoms with Gasteiger partial charge in [0.15, 0.2) is 0 Å². The summed E-state index contributed by atoms with van der Waals surface area (Å²) in [4.78, 5) is 11.8. The second-order valence-electron chi connectivity index (χ2n) is 4.72. The average Bonchev–Trinajstić information content (AvgIpc) is 2.36. The van der Waals surface area contributed by atoms with Gasteiger partial charge in [0.25, 0.3) is 5.91 Å². The van der Waals surface area contributed by atoms with Gasteiger partial charge in [-0.15, -0.1) is 0 Å². The van der Waals surface area contributed by atoms with Gasteiger partial charge in [0.1, 0.15) is 5.82 Å². The van der Waals surface area contributed by atoms with Gasteiger partial charge in [-0.1, -0.05) is 18.6 Å². The van der Waals surface area contributed by atoms with Gasteiger partial charge >= 0.3 is 0 Å². The average molecular weight is 252 g/mol. The highest BCUT2D eigenvalue weighted by Gasteiger charge is 2.11. The zero-order valence-corrected chi connectivity index (χ0v) is 11.0. The standard InChI is InChI=1S/C14H21FN2O/c1-10-5-6-13(15)12(8-10)14(18)17-7-3-4-11(2)9-16/h5-6,8,11H,3-4,7,9,16H2,1-2H3,(H,17,18). The largest absolute Gasteiger partial charge is 0.352 e. The number of carbonyl (C=O) groups excluding carboxylic acids is 1. The monoisotopic (exact) mass is 252 g/mol. The highest BCUT2D eigenvalue weighted by atomic mass is 19.1. The molecule has 18 heavy (non-hydrogen) atoms. The van der Waals surface area contributed by atoms with Gasteiger partial charge in [0.05, 0.1) is 5.56 Å². The third kappa shape index (κ3) is 4.45. The van der Waals surface area contributed by atoms with Crippen molar-refractivity contribution in [2.24, 2.45) is 11.7 Å². The van der Waals surface area contributed by atoms with Crippen molar-refractivity contribution in [3.05, 3.63) is 35.1 Å². The van der Waals surface area contributed by atoms with Gasteiger partial charge in [-0.2, -0.15) is 0 Å². The van der Waals surface area contributed by atoms with E-state index in [0.717, 1.165) is 18.4 Å². The number of hydrogen-bond acceptors (Lipinski definition) is 2. The number of aryl methyl sites for hydroxylation is 1. The summed E-state index contributed by atoms with van der Waals surface area (Å²) in [7, 11) is 0. The van der Waals surface area contributed by atoms with Crippen LogP contribution in [0.2, 0.25) is 0 Å². The van der Waals surface area contributed by atoms with Crippen LogP contribution in [0.15, 0.2) is 18.2 Å². The number of carbonyl (C=O) groups is 1. The first kappa shape index (κ1) is 14.6. The lowest BCUT2D eigenvalue weighted by Gasteiger charge is -2.09. The minimum absolute atomic E-state index is 0.113. The maximum Gasteiger partial charge on any atom is 0.254 e. The molecule has 1 unspecified atom stereocenters. The molecule has 1 amide bonds. The SMILES string of the molecule is Cc1ccc(F)c(C(=O)NCCCC(C)CN)c1. The Labute approximate surface area is 108 Å². The Bertz CT molecular complexity index is 407. The minimum Gasteiger partial charge on any atom is -0.352 e. The normalized spacial score (nSPS) is 12.2. The molecule has 0 bridgehead atoms. The molecule has 1 aromatic carbocycles. The van der Waals surface area contributed by atoms with Crippen molar-refractivity contribution < 1.29 is 9.18 Å². The summed E-state index contributed by atoms with van der Waals surface area (Å²) in [6.45, 7) is 5.11. The maximum absolute atomic E-state index is 13.4. The molecule has 3 nitrogen and oxygen atoms in total. The van der Waals surface area contributed by atoms with E-state index in [0.29, 0.717) is 19.0 Å². The molecule has 0 heterocycles. The molecular formula is C14H21FN2O. The molecule has 3 N–H and O–H groups in total. The highest BCUT2D eigenvalue weighted by Crippen LogP contribution is 2.10. The molecule has 0 aliphatic carbocycles. The zero-order valence-electron chi connectivity index (χ0n) is 11.0. The molecule has 4 heteroatoms. The summed E-state index contributed by atoms with van der Waals surface area (Å²) in [5.41, 5.74) is 6.49. The van der Waals surface area contributed by atoms with Crippen LogP contribution >= 0.6 is 0 Å². The van der Waals surface area contributed by atoms with E-state index in [1.165, 1.54) is 6.07 Å². The van der Waals surface area contributed by atoms with Crippen LogP contribution in [0.25, 0.3) is 0 Å². The molecule has 0 spiro atoms. The van der Waals surface area contributed by atoms with Crippen molar-refractivity contribution in [1.82, 2.24) is 5.32 Å². The summed E-state index contributed by atoms with van der Waals surface area (Å²) in [5, 5.41) is 2.73. The Morgan fingerprint density at radius 1 is 1.50 bits per heavy atom. The summed E-state index contributed by atoms with van der Waals surface area (Å²) in [6.07, 6.45) is 1.82. The smallest absolute Gasteiger partial charge is 0.254 e. The number of amides is 1. The number of nitrogens with two attached hydrogens (primary N) is 1. The zero-order chi connectivity index (χ0) is 13.5. The van der Waals surface area contributed by atoms with Crippen LogP contribution in [0.4, 0.5) is 4.39 Å². The van der Waals surface area contributed by atoms with Crippen LogP contribution in [0.1, 0.15) is 35.7 Å². The van der Waals surface area contributed by atoms with E-state index in [9.17, 15) is 9.18 Å². The number of rotatable bonds is 6. The van der Waals surface area contributed by atoms with E-state index in [-0.39, 0.29) is 11.5 Å². The molecule has 1 atom stereocenters. The van der Waals surface area contributed by atoms with Gasteiger partial charge in [-0.3, -0.25) is 4.79 Å². The Morgan fingerprint density at radius 2 is 2.22 bits per heavy atom. The number of hydrogen-bond donors (Lipinski definition) is 2. The molecule has 0 radical (unpaired) electrons. The van der Waals surface area contributed by atoms with E-state index in [1.807, 2.05) is 6.92 Å². The van der Waals surface area contributed by atoms with Crippen molar-refractivity contribution in [3.63, 3.8) is 0 Å². The predicted octanol–water partition coefficient (Wildman–Crippen LogP) is 2.24. The van der Waals surface area contributed by atoms with Crippen LogP contribution in [-0.4, -0.2) is 19.0 Å². The topological polar surface area (TPSA) is 55.1 Å². The van der Waals surface area contributed by atoms with Crippen molar-refractivity contribution >= 4 is 5.91 Å². The van der Waals surface area contributed by atoms with E-state index < -0.39 is 5.82 Å². The van der Waals surface area contributed by atoms with Crippen molar-refractivity contribution in [2.45, 2.75) is 26.7 Å². The van der Waals surface area contributed by atoms with Crippen LogP contribution < -0.4 is 11.1 Å². The van der Waals surface area contributed by atoms with Gasteiger partial charge in [0.2, 0.25) is 0 Å². The first-order chi connectivity index (χ1) is 8.54. The van der Waals surface area contributed by atoms with Crippen molar-refractivity contribution in [2.75, 3.05) is 13.1 Å². The summed E-state index contributed by atoms with van der Waals surface area (Å²) in [5.74, 6) is -0.373. The Hall–Kier alpha value is -1.42. The summed E-state index contributed by atoms with van der Waals surface area (Å²) < 4.78 is 13.4. The fraction of sp³-hybridized carbons (Fsp3) is 0.500. The lowest BCUT2D eigenvalue weighted by molar-refractivity contribution is 0.0948. The molecular weight excluding hydrogens is 231 g/mol. The number of benzene rings is 1. The van der Waals surface area contributed by atoms with E-state index >= 15 is 0 Å². The van der Waals surface area contributed by atoms with Gasteiger partial charge in [-0.05, 0) is 44.4 Å². The van der Waals surface area contributed by atoms with E-state index in [4.69, 9.17) is 5.73 Å². The number of halogens is 1. The van der Waals surface area contributed by atoms with Crippen LogP contribution in [-0.2, 0) is 0 Å². The Kier molecular flexibility index (Phi) is 5.78. The van der Waals surface area contributed by atoms with Crippen LogP contribution in [0, 0.1) is 18.7 Å². The van der Waals surface area contributed by atoms with Crippen LogP contribution in [0.3, 0.4) is 0 Å². The van der Waals surface area contributed by atoms with Gasteiger partial charge in [0, 0.05) is 6.54 Å².